The number of carboxylic acid groups (broad SMARTS) is 1. The molecule has 0 spiro atoms. The summed E-state index contributed by atoms with van der Waals surface area (Å²) in [5.41, 5.74) is 0.461. The lowest BCUT2D eigenvalue weighted by atomic mass is 10.0. The number of carbonyl (C=O) groups is 1. The molecule has 1 heterocycles. The number of carboxylic acids is 1. The fourth-order valence-corrected chi connectivity index (χ4v) is 1.67. The first kappa shape index (κ1) is 9.99. The zero-order valence-electron chi connectivity index (χ0n) is 7.65. The molecular weight excluding hydrogens is 184 g/mol. The van der Waals surface area contributed by atoms with Crippen LogP contribution in [0.3, 0.4) is 0 Å². The summed E-state index contributed by atoms with van der Waals surface area (Å²) in [5.74, 6) is -0.775. The van der Waals surface area contributed by atoms with Gasteiger partial charge in [0.2, 0.25) is 0 Å². The normalized spacial score (nSPS) is 12.1. The molecule has 0 fully saturated rings. The van der Waals surface area contributed by atoms with Gasteiger partial charge in [-0.2, -0.15) is 0 Å². The Hall–Kier alpha value is -1.09. The number of hydrogen-bond acceptors (Lipinski definition) is 2. The molecule has 0 radical (unpaired) electrons. The Balaban J connectivity index is 2.94. The average molecular weight is 196 g/mol. The smallest absolute Gasteiger partial charge is 0.331 e. The Labute approximate surface area is 81.5 Å². The monoisotopic (exact) mass is 196 g/mol. The van der Waals surface area contributed by atoms with Gasteiger partial charge in [-0.05, 0) is 23.4 Å². The highest BCUT2D eigenvalue weighted by molar-refractivity contribution is 7.10. The number of thiophene rings is 1. The lowest BCUT2D eigenvalue weighted by Crippen LogP contribution is -2.06. The van der Waals surface area contributed by atoms with E-state index < -0.39 is 5.97 Å². The molecule has 0 aliphatic heterocycles. The van der Waals surface area contributed by atoms with Gasteiger partial charge in [-0.3, -0.25) is 0 Å². The zero-order valence-corrected chi connectivity index (χ0v) is 8.47. The van der Waals surface area contributed by atoms with Gasteiger partial charge >= 0.3 is 5.97 Å². The van der Waals surface area contributed by atoms with Crippen molar-refractivity contribution in [2.24, 2.45) is 5.92 Å². The predicted molar refractivity (Wildman–Crippen MR) is 54.8 cm³/mol. The molecule has 0 saturated carbocycles. The van der Waals surface area contributed by atoms with Crippen molar-refractivity contribution in [2.75, 3.05) is 0 Å². The maximum Gasteiger partial charge on any atom is 0.331 e. The van der Waals surface area contributed by atoms with Crippen LogP contribution in [0.15, 0.2) is 23.1 Å². The molecular formula is C10H12O2S. The van der Waals surface area contributed by atoms with Gasteiger partial charge in [-0.15, -0.1) is 11.3 Å². The zero-order chi connectivity index (χ0) is 9.84. The van der Waals surface area contributed by atoms with Gasteiger partial charge in [0.15, 0.2) is 0 Å². The van der Waals surface area contributed by atoms with E-state index in [1.807, 2.05) is 31.4 Å². The first-order valence-corrected chi connectivity index (χ1v) is 4.97. The second-order valence-corrected chi connectivity index (χ2v) is 4.05. The van der Waals surface area contributed by atoms with Crippen LogP contribution < -0.4 is 0 Å². The molecule has 3 heteroatoms. The van der Waals surface area contributed by atoms with Crippen molar-refractivity contribution in [1.29, 1.82) is 0 Å². The molecule has 1 rings (SSSR count). The summed E-state index contributed by atoms with van der Waals surface area (Å²) in [5, 5.41) is 10.8. The maximum absolute atomic E-state index is 10.8. The molecule has 70 valence electrons. The Morgan fingerprint density at radius 3 is 2.69 bits per heavy atom. The summed E-state index contributed by atoms with van der Waals surface area (Å²) in [6, 6.07) is 3.83. The van der Waals surface area contributed by atoms with E-state index in [0.29, 0.717) is 5.57 Å². The molecule has 1 aromatic rings. The second kappa shape index (κ2) is 4.23. The molecule has 1 aromatic heterocycles. The van der Waals surface area contributed by atoms with Crippen LogP contribution >= 0.6 is 11.3 Å². The summed E-state index contributed by atoms with van der Waals surface area (Å²) >= 11 is 1.55. The maximum atomic E-state index is 10.8. The largest absolute Gasteiger partial charge is 0.478 e. The fourth-order valence-electron chi connectivity index (χ4n) is 1.00. The van der Waals surface area contributed by atoms with Crippen molar-refractivity contribution in [3.05, 3.63) is 28.0 Å². The molecule has 0 saturated heterocycles. The quantitative estimate of drug-likeness (QED) is 0.755. The summed E-state index contributed by atoms with van der Waals surface area (Å²) in [6.45, 7) is 3.76. The molecule has 0 aliphatic rings. The van der Waals surface area contributed by atoms with Gasteiger partial charge in [-0.1, -0.05) is 19.9 Å². The van der Waals surface area contributed by atoms with E-state index in [9.17, 15) is 4.79 Å². The first-order chi connectivity index (χ1) is 6.11. The highest BCUT2D eigenvalue weighted by Crippen LogP contribution is 2.18. The SMILES string of the molecule is CC(C)/C(=C\c1cccs1)C(=O)O. The van der Waals surface area contributed by atoms with Gasteiger partial charge < -0.3 is 5.11 Å². The topological polar surface area (TPSA) is 37.3 Å². The van der Waals surface area contributed by atoms with Gasteiger partial charge in [-0.25, -0.2) is 4.79 Å². The summed E-state index contributed by atoms with van der Waals surface area (Å²) in [6.07, 6.45) is 1.73. The highest BCUT2D eigenvalue weighted by Gasteiger charge is 2.11. The van der Waals surface area contributed by atoms with Crippen molar-refractivity contribution in [3.8, 4) is 0 Å². The Morgan fingerprint density at radius 1 is 1.62 bits per heavy atom. The molecule has 2 nitrogen and oxygen atoms in total. The van der Waals surface area contributed by atoms with E-state index in [2.05, 4.69) is 0 Å². The van der Waals surface area contributed by atoms with Crippen molar-refractivity contribution >= 4 is 23.4 Å². The van der Waals surface area contributed by atoms with Crippen LogP contribution in [0.4, 0.5) is 0 Å². The molecule has 0 unspecified atom stereocenters. The van der Waals surface area contributed by atoms with Crippen LogP contribution in [0.2, 0.25) is 0 Å². The summed E-state index contributed by atoms with van der Waals surface area (Å²) in [7, 11) is 0. The minimum Gasteiger partial charge on any atom is -0.478 e. The third-order valence-electron chi connectivity index (χ3n) is 1.71. The molecule has 0 aromatic carbocycles. The molecule has 0 aliphatic carbocycles. The van der Waals surface area contributed by atoms with Crippen LogP contribution in [0.5, 0.6) is 0 Å². The van der Waals surface area contributed by atoms with Gasteiger partial charge in [0.1, 0.15) is 0 Å². The Kier molecular flexibility index (Phi) is 3.25. The summed E-state index contributed by atoms with van der Waals surface area (Å²) in [4.78, 5) is 11.8. The first-order valence-electron chi connectivity index (χ1n) is 4.09. The predicted octanol–water partition coefficient (Wildman–Crippen LogP) is 2.87. The van der Waals surface area contributed by atoms with Crippen molar-refractivity contribution in [2.45, 2.75) is 13.8 Å². The van der Waals surface area contributed by atoms with Crippen LogP contribution in [-0.4, -0.2) is 11.1 Å². The standard InChI is InChI=1S/C10H12O2S/c1-7(2)9(10(11)12)6-8-4-3-5-13-8/h3-7H,1-2H3,(H,11,12)/b9-6+. The third kappa shape index (κ3) is 2.70. The van der Waals surface area contributed by atoms with Crippen LogP contribution in [0, 0.1) is 5.92 Å². The van der Waals surface area contributed by atoms with Gasteiger partial charge in [0.05, 0.1) is 0 Å². The van der Waals surface area contributed by atoms with Crippen molar-refractivity contribution in [1.82, 2.24) is 0 Å². The number of hydrogen-bond donors (Lipinski definition) is 1. The highest BCUT2D eigenvalue weighted by atomic mass is 32.1. The van der Waals surface area contributed by atoms with Gasteiger partial charge in [0.25, 0.3) is 0 Å². The molecule has 0 atom stereocenters. The Bertz CT molecular complexity index is 310. The van der Waals surface area contributed by atoms with E-state index in [1.165, 1.54) is 0 Å². The van der Waals surface area contributed by atoms with Crippen LogP contribution in [0.25, 0.3) is 6.08 Å². The lowest BCUT2D eigenvalue weighted by molar-refractivity contribution is -0.133. The molecule has 1 N–H and O–H groups in total. The summed E-state index contributed by atoms with van der Waals surface area (Å²) < 4.78 is 0. The van der Waals surface area contributed by atoms with Crippen molar-refractivity contribution in [3.63, 3.8) is 0 Å². The third-order valence-corrected chi connectivity index (χ3v) is 2.53. The molecule has 0 bridgehead atoms. The van der Waals surface area contributed by atoms with Crippen molar-refractivity contribution < 1.29 is 9.90 Å². The second-order valence-electron chi connectivity index (χ2n) is 3.07. The number of rotatable bonds is 3. The van der Waals surface area contributed by atoms with E-state index in [-0.39, 0.29) is 5.92 Å². The van der Waals surface area contributed by atoms with E-state index in [1.54, 1.807) is 17.4 Å². The average Bonchev–Trinajstić information content (AvgIpc) is 2.50. The number of aliphatic carboxylic acids is 1. The van der Waals surface area contributed by atoms with E-state index >= 15 is 0 Å². The minimum absolute atomic E-state index is 0.0552. The Morgan fingerprint density at radius 2 is 2.31 bits per heavy atom. The van der Waals surface area contributed by atoms with E-state index in [0.717, 1.165) is 4.88 Å². The van der Waals surface area contributed by atoms with Crippen LogP contribution in [0.1, 0.15) is 18.7 Å². The lowest BCUT2D eigenvalue weighted by Gasteiger charge is -2.04. The van der Waals surface area contributed by atoms with Crippen LogP contribution in [-0.2, 0) is 4.79 Å². The van der Waals surface area contributed by atoms with Gasteiger partial charge in [0, 0.05) is 10.5 Å². The van der Waals surface area contributed by atoms with E-state index in [4.69, 9.17) is 5.11 Å². The molecule has 0 amide bonds. The minimum atomic E-state index is -0.830. The molecule has 13 heavy (non-hydrogen) atoms. The fraction of sp³-hybridized carbons (Fsp3) is 0.300.